The van der Waals surface area contributed by atoms with Gasteiger partial charge < -0.3 is 10.4 Å². The van der Waals surface area contributed by atoms with E-state index in [1.54, 1.807) is 13.8 Å². The standard InChI is InChI=1S/C13H13ClFNO3/c1-13(2)9(10(13)12(18)19)11(17)16-6-3-4-8(15)7(14)5-6/h3-5,9-10H,1-2H3,(H,16,17)(H,18,19)/t9-,10+/m1/s1. The van der Waals surface area contributed by atoms with E-state index in [2.05, 4.69) is 5.32 Å². The maximum absolute atomic E-state index is 13.0. The summed E-state index contributed by atoms with van der Waals surface area (Å²) in [6.07, 6.45) is 0. The molecule has 0 heterocycles. The minimum atomic E-state index is -0.984. The number of hydrogen-bond acceptors (Lipinski definition) is 2. The largest absolute Gasteiger partial charge is 0.481 e. The molecule has 1 amide bonds. The minimum absolute atomic E-state index is 0.0948. The molecule has 102 valence electrons. The van der Waals surface area contributed by atoms with Gasteiger partial charge in [0.25, 0.3) is 0 Å². The third kappa shape index (κ3) is 2.42. The molecule has 4 nitrogen and oxygen atoms in total. The average Bonchev–Trinajstić information content (AvgIpc) is 2.87. The highest BCUT2D eigenvalue weighted by molar-refractivity contribution is 6.31. The number of carbonyl (C=O) groups excluding carboxylic acids is 1. The van der Waals surface area contributed by atoms with Gasteiger partial charge in [-0.2, -0.15) is 0 Å². The van der Waals surface area contributed by atoms with Gasteiger partial charge in [-0.05, 0) is 23.6 Å². The van der Waals surface area contributed by atoms with E-state index in [1.165, 1.54) is 12.1 Å². The molecule has 1 aromatic rings. The number of nitrogens with one attached hydrogen (secondary N) is 1. The number of carbonyl (C=O) groups is 2. The number of rotatable bonds is 3. The quantitative estimate of drug-likeness (QED) is 0.897. The molecule has 0 unspecified atom stereocenters. The van der Waals surface area contributed by atoms with Crippen LogP contribution in [0.3, 0.4) is 0 Å². The van der Waals surface area contributed by atoms with Crippen LogP contribution in [-0.4, -0.2) is 17.0 Å². The van der Waals surface area contributed by atoms with E-state index < -0.39 is 29.0 Å². The Morgan fingerprint density at radius 2 is 2.00 bits per heavy atom. The lowest BCUT2D eigenvalue weighted by Crippen LogP contribution is -2.17. The normalized spacial score (nSPS) is 23.8. The smallest absolute Gasteiger partial charge is 0.307 e. The molecule has 1 aliphatic rings. The van der Waals surface area contributed by atoms with E-state index in [0.29, 0.717) is 5.69 Å². The molecule has 2 rings (SSSR count). The molecular formula is C13H13ClFNO3. The van der Waals surface area contributed by atoms with Crippen LogP contribution in [0.15, 0.2) is 18.2 Å². The summed E-state index contributed by atoms with van der Waals surface area (Å²) in [5, 5.41) is 11.5. The van der Waals surface area contributed by atoms with Crippen molar-refractivity contribution in [3.05, 3.63) is 29.0 Å². The summed E-state index contributed by atoms with van der Waals surface area (Å²) < 4.78 is 13.0. The predicted molar refractivity (Wildman–Crippen MR) is 68.4 cm³/mol. The highest BCUT2D eigenvalue weighted by atomic mass is 35.5. The van der Waals surface area contributed by atoms with Gasteiger partial charge in [0.1, 0.15) is 5.82 Å². The van der Waals surface area contributed by atoms with Crippen molar-refractivity contribution >= 4 is 29.2 Å². The van der Waals surface area contributed by atoms with Gasteiger partial charge in [0.15, 0.2) is 0 Å². The number of benzene rings is 1. The van der Waals surface area contributed by atoms with Gasteiger partial charge in [0, 0.05) is 5.69 Å². The molecule has 0 radical (unpaired) electrons. The van der Waals surface area contributed by atoms with Gasteiger partial charge >= 0.3 is 5.97 Å². The molecule has 6 heteroatoms. The van der Waals surface area contributed by atoms with Crippen LogP contribution in [-0.2, 0) is 9.59 Å². The fourth-order valence-corrected chi connectivity index (χ4v) is 2.56. The molecule has 1 aliphatic carbocycles. The molecule has 1 fully saturated rings. The van der Waals surface area contributed by atoms with Crippen molar-refractivity contribution in [1.29, 1.82) is 0 Å². The van der Waals surface area contributed by atoms with Gasteiger partial charge in [0.2, 0.25) is 5.91 Å². The van der Waals surface area contributed by atoms with Crippen molar-refractivity contribution in [3.63, 3.8) is 0 Å². The lowest BCUT2D eigenvalue weighted by atomic mass is 10.1. The van der Waals surface area contributed by atoms with Gasteiger partial charge in [-0.1, -0.05) is 25.4 Å². The first-order valence-corrected chi connectivity index (χ1v) is 6.11. The van der Waals surface area contributed by atoms with Crippen LogP contribution in [0, 0.1) is 23.1 Å². The first-order valence-electron chi connectivity index (χ1n) is 5.74. The first-order chi connectivity index (χ1) is 8.75. The van der Waals surface area contributed by atoms with E-state index in [9.17, 15) is 14.0 Å². The molecule has 0 aliphatic heterocycles. The van der Waals surface area contributed by atoms with Crippen LogP contribution in [0.4, 0.5) is 10.1 Å². The van der Waals surface area contributed by atoms with Gasteiger partial charge in [-0.15, -0.1) is 0 Å². The van der Waals surface area contributed by atoms with E-state index in [4.69, 9.17) is 16.7 Å². The number of anilines is 1. The summed E-state index contributed by atoms with van der Waals surface area (Å²) in [5.41, 5.74) is -0.219. The molecular weight excluding hydrogens is 273 g/mol. The Morgan fingerprint density at radius 1 is 1.37 bits per heavy atom. The average molecular weight is 286 g/mol. The Balaban J connectivity index is 2.10. The fourth-order valence-electron chi connectivity index (χ4n) is 2.38. The number of halogens is 2. The van der Waals surface area contributed by atoms with Crippen molar-refractivity contribution in [2.45, 2.75) is 13.8 Å². The Bertz CT molecular complexity index is 559. The van der Waals surface area contributed by atoms with Crippen LogP contribution < -0.4 is 5.32 Å². The van der Waals surface area contributed by atoms with Crippen molar-refractivity contribution < 1.29 is 19.1 Å². The molecule has 19 heavy (non-hydrogen) atoms. The van der Waals surface area contributed by atoms with E-state index in [0.717, 1.165) is 6.07 Å². The molecule has 1 aromatic carbocycles. The Morgan fingerprint density at radius 3 is 2.47 bits per heavy atom. The molecule has 1 saturated carbocycles. The Kier molecular flexibility index (Phi) is 3.26. The zero-order valence-corrected chi connectivity index (χ0v) is 11.2. The molecule has 0 saturated heterocycles. The van der Waals surface area contributed by atoms with E-state index >= 15 is 0 Å². The number of carboxylic acid groups (broad SMARTS) is 1. The highest BCUT2D eigenvalue weighted by Gasteiger charge is 2.65. The van der Waals surface area contributed by atoms with Crippen molar-refractivity contribution in [1.82, 2.24) is 0 Å². The Hall–Kier alpha value is -1.62. The maximum Gasteiger partial charge on any atom is 0.307 e. The summed E-state index contributed by atoms with van der Waals surface area (Å²) in [6, 6.07) is 3.81. The van der Waals surface area contributed by atoms with Crippen molar-refractivity contribution in [2.24, 2.45) is 17.3 Å². The summed E-state index contributed by atoms with van der Waals surface area (Å²) in [7, 11) is 0. The second-order valence-corrected chi connectivity index (χ2v) is 5.64. The number of carboxylic acids is 1. The SMILES string of the molecule is CC1(C)[C@H](C(=O)O)[C@@H]1C(=O)Nc1ccc(F)c(Cl)c1. The van der Waals surface area contributed by atoms with E-state index in [-0.39, 0.29) is 10.9 Å². The second-order valence-electron chi connectivity index (χ2n) is 5.23. The monoisotopic (exact) mass is 285 g/mol. The van der Waals surface area contributed by atoms with Gasteiger partial charge in [-0.3, -0.25) is 9.59 Å². The molecule has 0 bridgehead atoms. The number of hydrogen-bond donors (Lipinski definition) is 2. The summed E-state index contributed by atoms with van der Waals surface area (Å²) >= 11 is 5.61. The van der Waals surface area contributed by atoms with Crippen LogP contribution in [0.25, 0.3) is 0 Å². The summed E-state index contributed by atoms with van der Waals surface area (Å²) in [5.74, 6) is -3.23. The van der Waals surface area contributed by atoms with Crippen molar-refractivity contribution in [3.8, 4) is 0 Å². The first kappa shape index (κ1) is 13.8. The zero-order chi connectivity index (χ0) is 14.4. The van der Waals surface area contributed by atoms with Gasteiger partial charge in [-0.25, -0.2) is 4.39 Å². The predicted octanol–water partition coefficient (Wildman–Crippen LogP) is 2.77. The summed E-state index contributed by atoms with van der Waals surface area (Å²) in [6.45, 7) is 3.46. The third-order valence-corrected chi connectivity index (χ3v) is 3.85. The van der Waals surface area contributed by atoms with E-state index in [1.807, 2.05) is 0 Å². The molecule has 0 spiro atoms. The lowest BCUT2D eigenvalue weighted by Gasteiger charge is -2.06. The minimum Gasteiger partial charge on any atom is -0.481 e. The lowest BCUT2D eigenvalue weighted by molar-refractivity contribution is -0.140. The van der Waals surface area contributed by atoms with Crippen LogP contribution in [0.5, 0.6) is 0 Å². The topological polar surface area (TPSA) is 66.4 Å². The molecule has 0 aromatic heterocycles. The fraction of sp³-hybridized carbons (Fsp3) is 0.385. The number of aliphatic carboxylic acids is 1. The third-order valence-electron chi connectivity index (χ3n) is 3.56. The van der Waals surface area contributed by atoms with Crippen LogP contribution in [0.1, 0.15) is 13.8 Å². The van der Waals surface area contributed by atoms with Crippen LogP contribution in [0.2, 0.25) is 5.02 Å². The van der Waals surface area contributed by atoms with Crippen molar-refractivity contribution in [2.75, 3.05) is 5.32 Å². The molecule has 2 atom stereocenters. The van der Waals surface area contributed by atoms with Gasteiger partial charge in [0.05, 0.1) is 16.9 Å². The Labute approximate surface area is 114 Å². The van der Waals surface area contributed by atoms with Crippen LogP contribution >= 0.6 is 11.6 Å². The zero-order valence-electron chi connectivity index (χ0n) is 10.4. The number of amides is 1. The maximum atomic E-state index is 13.0. The highest BCUT2D eigenvalue weighted by Crippen LogP contribution is 2.58. The summed E-state index contributed by atoms with van der Waals surface area (Å²) in [4.78, 5) is 23.0. The second kappa shape index (κ2) is 4.49. The molecule has 2 N–H and O–H groups in total.